The van der Waals surface area contributed by atoms with E-state index in [9.17, 15) is 17.6 Å². The highest BCUT2D eigenvalue weighted by atomic mass is 127. The first-order valence-corrected chi connectivity index (χ1v) is 7.76. The van der Waals surface area contributed by atoms with Crippen molar-refractivity contribution in [3.05, 3.63) is 68.0 Å². The molecule has 0 radical (unpaired) electrons. The van der Waals surface area contributed by atoms with E-state index in [0.717, 1.165) is 32.4 Å². The largest absolute Gasteiger partial charge is 0.416 e. The van der Waals surface area contributed by atoms with Gasteiger partial charge in [-0.2, -0.15) is 13.2 Å². The van der Waals surface area contributed by atoms with Crippen LogP contribution in [0.25, 0.3) is 0 Å². The number of halogens is 5. The van der Waals surface area contributed by atoms with Gasteiger partial charge < -0.3 is 0 Å². The monoisotopic (exact) mass is 421 g/mol. The summed E-state index contributed by atoms with van der Waals surface area (Å²) in [6.07, 6.45) is -4.31. The molecule has 1 heterocycles. The fourth-order valence-electron chi connectivity index (χ4n) is 2.66. The van der Waals surface area contributed by atoms with Crippen molar-refractivity contribution in [3.8, 4) is 0 Å². The van der Waals surface area contributed by atoms with Gasteiger partial charge in [-0.15, -0.1) is 0 Å². The minimum atomic E-state index is -4.31. The first-order valence-electron chi connectivity index (χ1n) is 6.68. The van der Waals surface area contributed by atoms with E-state index in [-0.39, 0.29) is 5.82 Å². The molecule has 1 aliphatic heterocycles. The molecule has 1 nitrogen and oxygen atoms in total. The van der Waals surface area contributed by atoms with E-state index in [1.807, 2.05) is 0 Å². The lowest BCUT2D eigenvalue weighted by atomic mass is 10.1. The highest BCUT2D eigenvalue weighted by molar-refractivity contribution is 14.1. The van der Waals surface area contributed by atoms with Crippen LogP contribution < -0.4 is 0 Å². The molecule has 22 heavy (non-hydrogen) atoms. The lowest BCUT2D eigenvalue weighted by Gasteiger charge is -2.15. The maximum atomic E-state index is 13.4. The van der Waals surface area contributed by atoms with Crippen LogP contribution in [0, 0.1) is 9.39 Å². The Morgan fingerprint density at radius 2 is 1.73 bits per heavy atom. The number of rotatable bonds is 2. The van der Waals surface area contributed by atoms with Crippen LogP contribution in [-0.4, -0.2) is 4.90 Å². The zero-order chi connectivity index (χ0) is 15.9. The van der Waals surface area contributed by atoms with Crippen LogP contribution in [0.3, 0.4) is 0 Å². The van der Waals surface area contributed by atoms with Crippen LogP contribution in [0.4, 0.5) is 17.6 Å². The van der Waals surface area contributed by atoms with E-state index in [2.05, 4.69) is 27.5 Å². The van der Waals surface area contributed by atoms with Crippen LogP contribution in [-0.2, 0) is 25.8 Å². The Balaban J connectivity index is 1.72. The Morgan fingerprint density at radius 1 is 1.05 bits per heavy atom. The quantitative estimate of drug-likeness (QED) is 0.489. The van der Waals surface area contributed by atoms with E-state index in [1.165, 1.54) is 24.3 Å². The fourth-order valence-corrected chi connectivity index (χ4v) is 3.48. The van der Waals surface area contributed by atoms with Crippen molar-refractivity contribution in [2.24, 2.45) is 0 Å². The maximum Gasteiger partial charge on any atom is 0.416 e. The molecule has 0 amide bonds. The predicted octanol–water partition coefficient (Wildman–Crippen LogP) is 4.96. The van der Waals surface area contributed by atoms with Gasteiger partial charge in [-0.05, 0) is 63.5 Å². The van der Waals surface area contributed by atoms with Crippen molar-refractivity contribution in [2.75, 3.05) is 0 Å². The van der Waals surface area contributed by atoms with Crippen molar-refractivity contribution >= 4 is 22.6 Å². The number of hydrogen-bond donors (Lipinski definition) is 0. The van der Waals surface area contributed by atoms with Crippen molar-refractivity contribution in [2.45, 2.75) is 25.8 Å². The lowest BCUT2D eigenvalue weighted by molar-refractivity contribution is -0.137. The summed E-state index contributed by atoms with van der Waals surface area (Å²) in [4.78, 5) is 2.09. The smallest absolute Gasteiger partial charge is 0.291 e. The molecule has 2 aromatic carbocycles. The van der Waals surface area contributed by atoms with Gasteiger partial charge >= 0.3 is 6.18 Å². The highest BCUT2D eigenvalue weighted by Crippen LogP contribution is 2.31. The predicted molar refractivity (Wildman–Crippen MR) is 83.5 cm³/mol. The summed E-state index contributed by atoms with van der Waals surface area (Å²) in [6.45, 7) is 1.85. The van der Waals surface area contributed by atoms with Crippen LogP contribution in [0.15, 0.2) is 36.4 Å². The Hall–Kier alpha value is -1.15. The number of benzene rings is 2. The van der Waals surface area contributed by atoms with Crippen molar-refractivity contribution in [1.29, 1.82) is 0 Å². The average Bonchev–Trinajstić information content (AvgIpc) is 2.81. The van der Waals surface area contributed by atoms with Gasteiger partial charge in [-0.25, -0.2) is 4.39 Å². The Labute approximate surface area is 139 Å². The first kappa shape index (κ1) is 15.7. The molecule has 0 bridgehead atoms. The minimum absolute atomic E-state index is 0.250. The molecule has 0 fully saturated rings. The second-order valence-electron chi connectivity index (χ2n) is 5.37. The van der Waals surface area contributed by atoms with Crippen LogP contribution in [0.5, 0.6) is 0 Å². The number of alkyl halides is 3. The third-order valence-corrected chi connectivity index (χ3v) is 4.68. The zero-order valence-electron chi connectivity index (χ0n) is 11.4. The lowest BCUT2D eigenvalue weighted by Crippen LogP contribution is -2.16. The van der Waals surface area contributed by atoms with E-state index in [0.29, 0.717) is 19.6 Å². The minimum Gasteiger partial charge on any atom is -0.291 e. The van der Waals surface area contributed by atoms with Crippen molar-refractivity contribution < 1.29 is 17.6 Å². The van der Waals surface area contributed by atoms with Gasteiger partial charge in [-0.3, -0.25) is 4.90 Å². The van der Waals surface area contributed by atoms with E-state index < -0.39 is 11.7 Å². The van der Waals surface area contributed by atoms with Gasteiger partial charge in [0.25, 0.3) is 0 Å². The molecule has 0 saturated heterocycles. The molecule has 116 valence electrons. The normalized spacial score (nSPS) is 15.1. The topological polar surface area (TPSA) is 3.24 Å². The summed E-state index contributed by atoms with van der Waals surface area (Å²) in [7, 11) is 0. The van der Waals surface area contributed by atoms with Gasteiger partial charge in [0, 0.05) is 23.2 Å². The molecular weight excluding hydrogens is 409 g/mol. The summed E-state index contributed by atoms with van der Waals surface area (Å²) in [6, 6.07) is 8.23. The molecule has 1 aliphatic rings. The third-order valence-electron chi connectivity index (χ3n) is 3.72. The van der Waals surface area contributed by atoms with Gasteiger partial charge in [0.2, 0.25) is 0 Å². The molecule has 0 spiro atoms. The van der Waals surface area contributed by atoms with Gasteiger partial charge in [0.05, 0.1) is 5.56 Å². The molecule has 0 atom stereocenters. The average molecular weight is 421 g/mol. The van der Waals surface area contributed by atoms with Crippen LogP contribution >= 0.6 is 22.6 Å². The summed E-state index contributed by atoms with van der Waals surface area (Å²) < 4.78 is 51.9. The molecule has 6 heteroatoms. The van der Waals surface area contributed by atoms with Crippen molar-refractivity contribution in [3.63, 3.8) is 0 Å². The summed E-state index contributed by atoms with van der Waals surface area (Å²) in [5.41, 5.74) is 2.24. The van der Waals surface area contributed by atoms with Gasteiger partial charge in [0.1, 0.15) is 5.82 Å². The maximum absolute atomic E-state index is 13.4. The second kappa shape index (κ2) is 5.81. The summed E-state index contributed by atoms with van der Waals surface area (Å²) in [5, 5.41) is 0. The van der Waals surface area contributed by atoms with Gasteiger partial charge in [-0.1, -0.05) is 12.1 Å². The van der Waals surface area contributed by atoms with Gasteiger partial charge in [0.15, 0.2) is 0 Å². The highest BCUT2D eigenvalue weighted by Gasteiger charge is 2.30. The number of hydrogen-bond acceptors (Lipinski definition) is 1. The molecule has 0 unspecified atom stereocenters. The van der Waals surface area contributed by atoms with Crippen LogP contribution in [0.1, 0.15) is 22.3 Å². The first-order chi connectivity index (χ1) is 10.3. The zero-order valence-corrected chi connectivity index (χ0v) is 13.6. The second-order valence-corrected chi connectivity index (χ2v) is 6.53. The molecule has 0 N–H and O–H groups in total. The summed E-state index contributed by atoms with van der Waals surface area (Å²) >= 11 is 2.11. The number of nitrogens with zero attached hydrogens (tertiary/aromatic N) is 1. The van der Waals surface area contributed by atoms with E-state index >= 15 is 0 Å². The molecule has 3 rings (SSSR count). The molecule has 0 saturated carbocycles. The van der Waals surface area contributed by atoms with E-state index in [1.54, 1.807) is 0 Å². The molecule has 2 aromatic rings. The Morgan fingerprint density at radius 3 is 2.36 bits per heavy atom. The molecule has 0 aromatic heterocycles. The molecule has 0 aliphatic carbocycles. The van der Waals surface area contributed by atoms with Crippen molar-refractivity contribution in [1.82, 2.24) is 4.90 Å². The SMILES string of the molecule is Fc1cc(I)c2c(c1)CN(Cc1ccc(C(F)(F)F)cc1)C2. The van der Waals surface area contributed by atoms with E-state index in [4.69, 9.17) is 0 Å². The molecular formula is C16H12F4IN. The fraction of sp³-hybridized carbons (Fsp3) is 0.250. The third kappa shape index (κ3) is 3.27. The Bertz CT molecular complexity index is 695. The number of fused-ring (bicyclic) bond motifs is 1. The Kier molecular flexibility index (Phi) is 4.15. The van der Waals surface area contributed by atoms with Crippen LogP contribution in [0.2, 0.25) is 0 Å². The summed E-state index contributed by atoms with van der Waals surface area (Å²) in [5.74, 6) is -0.250. The standard InChI is InChI=1S/C16H12F4IN/c17-13-5-11-8-22(9-14(11)15(21)6-13)7-10-1-3-12(4-2-10)16(18,19)20/h1-6H,7-9H2.